The smallest absolute Gasteiger partial charge is 0.387 e. The average molecular weight is 337 g/mol. The summed E-state index contributed by atoms with van der Waals surface area (Å²) in [5, 5.41) is 0. The second-order valence-electron chi connectivity index (χ2n) is 5.54. The van der Waals surface area contributed by atoms with Gasteiger partial charge < -0.3 is 25.1 Å². The van der Waals surface area contributed by atoms with Gasteiger partial charge in [-0.15, -0.1) is 0 Å². The van der Waals surface area contributed by atoms with Gasteiger partial charge in [-0.2, -0.15) is 13.8 Å². The Hall–Kier alpha value is -2.75. The van der Waals surface area contributed by atoms with Crippen molar-refractivity contribution in [1.29, 1.82) is 0 Å². The molecule has 0 bridgehead atoms. The Morgan fingerprint density at radius 1 is 1.46 bits per heavy atom. The summed E-state index contributed by atoms with van der Waals surface area (Å²) < 4.78 is 34.5. The van der Waals surface area contributed by atoms with Crippen LogP contribution in [-0.2, 0) is 4.74 Å². The lowest BCUT2D eigenvalue weighted by molar-refractivity contribution is -0.113. The number of H-pyrrole nitrogens is 1. The van der Waals surface area contributed by atoms with E-state index >= 15 is 0 Å². The van der Waals surface area contributed by atoms with E-state index in [9.17, 15) is 13.6 Å². The highest BCUT2D eigenvalue weighted by atomic mass is 19.3. The predicted molar refractivity (Wildman–Crippen MR) is 80.0 cm³/mol. The molecule has 4 rings (SSSR count). The molecule has 0 saturated carbocycles. The Balaban J connectivity index is 1.68. The first-order valence-electron chi connectivity index (χ1n) is 7.21. The highest BCUT2D eigenvalue weighted by molar-refractivity contribution is 5.66. The number of fused-ring (bicyclic) bond motifs is 1. The van der Waals surface area contributed by atoms with Crippen LogP contribution in [0.3, 0.4) is 0 Å². The van der Waals surface area contributed by atoms with Crippen LogP contribution in [0.2, 0.25) is 0 Å². The number of aromatic nitrogens is 3. The zero-order valence-corrected chi connectivity index (χ0v) is 12.3. The number of ether oxygens (including phenoxy) is 2. The van der Waals surface area contributed by atoms with Gasteiger partial charge >= 0.3 is 12.3 Å². The third-order valence-electron chi connectivity index (χ3n) is 4.12. The molecule has 0 amide bonds. The Morgan fingerprint density at radius 2 is 2.29 bits per heavy atom. The summed E-state index contributed by atoms with van der Waals surface area (Å²) in [6, 6.07) is 3.19. The van der Waals surface area contributed by atoms with E-state index in [0.717, 1.165) is 0 Å². The molecule has 4 heterocycles. The molecular weight excluding hydrogens is 324 g/mol. The Morgan fingerprint density at radius 3 is 2.92 bits per heavy atom. The normalized spacial score (nSPS) is 21.9. The minimum atomic E-state index is -3.02. The van der Waals surface area contributed by atoms with Gasteiger partial charge in [0.1, 0.15) is 5.82 Å². The number of pyridine rings is 1. The first-order chi connectivity index (χ1) is 11.5. The van der Waals surface area contributed by atoms with Crippen molar-refractivity contribution in [2.24, 2.45) is 0 Å². The van der Waals surface area contributed by atoms with E-state index in [2.05, 4.69) is 19.7 Å². The predicted octanol–water partition coefficient (Wildman–Crippen LogP) is 0.603. The molecule has 2 aromatic rings. The van der Waals surface area contributed by atoms with Crippen LogP contribution in [0.25, 0.3) is 11.3 Å². The first-order valence-corrected chi connectivity index (χ1v) is 7.21. The fourth-order valence-electron chi connectivity index (χ4n) is 2.78. The lowest BCUT2D eigenvalue weighted by Gasteiger charge is -2.55. The lowest BCUT2D eigenvalue weighted by Crippen LogP contribution is -2.71. The standard InChI is InChI=1S/C14H13F2N5O3/c15-13(16)24-9-1-6(3-18-12(9)17)7-2-11(20-14(22)19-7)21-4-10-8(21)5-23-10/h1-3,8,10,13H,4-5H2,(H2,17,18)(H,19,20,22)/t8-,10?/m1/s1. The number of anilines is 2. The summed E-state index contributed by atoms with van der Waals surface area (Å²) in [4.78, 5) is 24.2. The van der Waals surface area contributed by atoms with Crippen molar-refractivity contribution in [3.05, 3.63) is 28.8 Å². The molecule has 1 unspecified atom stereocenters. The molecular formula is C14H13F2N5O3. The second kappa shape index (κ2) is 5.41. The lowest BCUT2D eigenvalue weighted by atomic mass is 9.95. The van der Waals surface area contributed by atoms with Crippen LogP contribution in [-0.4, -0.2) is 46.9 Å². The van der Waals surface area contributed by atoms with Crippen LogP contribution in [0.1, 0.15) is 0 Å². The van der Waals surface area contributed by atoms with Crippen LogP contribution >= 0.6 is 0 Å². The van der Waals surface area contributed by atoms with Gasteiger partial charge in [-0.05, 0) is 6.07 Å². The van der Waals surface area contributed by atoms with Crippen molar-refractivity contribution in [1.82, 2.24) is 15.0 Å². The molecule has 0 radical (unpaired) electrons. The molecule has 126 valence electrons. The van der Waals surface area contributed by atoms with Crippen molar-refractivity contribution in [2.75, 3.05) is 23.8 Å². The maximum absolute atomic E-state index is 12.4. The van der Waals surface area contributed by atoms with Crippen molar-refractivity contribution in [2.45, 2.75) is 18.8 Å². The summed E-state index contributed by atoms with van der Waals surface area (Å²) in [6.07, 6.45) is 1.56. The molecule has 2 fully saturated rings. The van der Waals surface area contributed by atoms with E-state index in [1.165, 1.54) is 12.3 Å². The number of morpholine rings is 1. The molecule has 10 heteroatoms. The second-order valence-corrected chi connectivity index (χ2v) is 5.54. The van der Waals surface area contributed by atoms with Crippen LogP contribution in [0.5, 0.6) is 5.75 Å². The van der Waals surface area contributed by atoms with E-state index in [4.69, 9.17) is 10.5 Å². The van der Waals surface area contributed by atoms with Crippen molar-refractivity contribution in [3.63, 3.8) is 0 Å². The molecule has 8 nitrogen and oxygen atoms in total. The van der Waals surface area contributed by atoms with Gasteiger partial charge in [-0.1, -0.05) is 0 Å². The molecule has 3 N–H and O–H groups in total. The number of nitrogens with zero attached hydrogens (tertiary/aromatic N) is 3. The molecule has 2 aliphatic rings. The van der Waals surface area contributed by atoms with Crippen LogP contribution in [0, 0.1) is 0 Å². The van der Waals surface area contributed by atoms with Gasteiger partial charge in [0, 0.05) is 24.4 Å². The topological polar surface area (TPSA) is 106 Å². The zero-order chi connectivity index (χ0) is 16.8. The number of hydrogen-bond acceptors (Lipinski definition) is 7. The minimum Gasteiger partial charge on any atom is -0.431 e. The highest BCUT2D eigenvalue weighted by Gasteiger charge is 2.48. The van der Waals surface area contributed by atoms with Gasteiger partial charge in [0.2, 0.25) is 0 Å². The fourth-order valence-corrected chi connectivity index (χ4v) is 2.78. The molecule has 0 aliphatic carbocycles. The van der Waals surface area contributed by atoms with Crippen molar-refractivity contribution >= 4 is 11.6 Å². The van der Waals surface area contributed by atoms with Crippen LogP contribution < -0.4 is 21.1 Å². The number of rotatable bonds is 4. The van der Waals surface area contributed by atoms with Crippen LogP contribution in [0.15, 0.2) is 23.1 Å². The Kier molecular flexibility index (Phi) is 3.34. The zero-order valence-electron chi connectivity index (χ0n) is 12.3. The summed E-state index contributed by atoms with van der Waals surface area (Å²) in [5.74, 6) is 0.0949. The number of alkyl halides is 2. The summed E-state index contributed by atoms with van der Waals surface area (Å²) in [6.45, 7) is -1.75. The Labute approximate surface area is 134 Å². The maximum Gasteiger partial charge on any atom is 0.387 e. The summed E-state index contributed by atoms with van der Waals surface area (Å²) in [7, 11) is 0. The highest BCUT2D eigenvalue weighted by Crippen LogP contribution is 2.35. The first kappa shape index (κ1) is 14.8. The number of nitrogens with two attached hydrogens (primary N) is 1. The van der Waals surface area contributed by atoms with Gasteiger partial charge in [0.05, 0.1) is 24.4 Å². The maximum atomic E-state index is 12.4. The quantitative estimate of drug-likeness (QED) is 0.841. The number of hydrogen-bond donors (Lipinski definition) is 2. The van der Waals surface area contributed by atoms with E-state index in [-0.39, 0.29) is 23.7 Å². The van der Waals surface area contributed by atoms with Gasteiger partial charge in [0.15, 0.2) is 11.6 Å². The molecule has 0 aromatic carbocycles. The van der Waals surface area contributed by atoms with E-state index < -0.39 is 12.3 Å². The monoisotopic (exact) mass is 337 g/mol. The van der Waals surface area contributed by atoms with E-state index in [0.29, 0.717) is 30.2 Å². The van der Waals surface area contributed by atoms with Crippen LogP contribution in [0.4, 0.5) is 20.4 Å². The summed E-state index contributed by atoms with van der Waals surface area (Å²) >= 11 is 0. The van der Waals surface area contributed by atoms with E-state index in [1.807, 2.05) is 4.90 Å². The third kappa shape index (κ3) is 2.44. The molecule has 24 heavy (non-hydrogen) atoms. The van der Waals surface area contributed by atoms with E-state index in [1.54, 1.807) is 6.07 Å². The average Bonchev–Trinajstić information content (AvgIpc) is 2.51. The SMILES string of the molecule is Nc1ncc(-c2cc(N3CC4OC[C@H]43)nc(=O)[nH]2)cc1OC(F)F. The van der Waals surface area contributed by atoms with Crippen molar-refractivity contribution < 1.29 is 18.3 Å². The van der Waals surface area contributed by atoms with Gasteiger partial charge in [0.25, 0.3) is 0 Å². The van der Waals surface area contributed by atoms with Gasteiger partial charge in [-0.25, -0.2) is 9.78 Å². The number of halogens is 2. The summed E-state index contributed by atoms with van der Waals surface area (Å²) in [5.41, 5.74) is 5.76. The molecule has 2 aromatic heterocycles. The molecule has 2 saturated heterocycles. The largest absolute Gasteiger partial charge is 0.431 e. The number of nitrogen functional groups attached to an aromatic ring is 1. The molecule has 2 atom stereocenters. The number of nitrogens with one attached hydrogen (secondary N) is 1. The number of aromatic amines is 1. The Bertz CT molecular complexity index is 843. The molecule has 0 spiro atoms. The fraction of sp³-hybridized carbons (Fsp3) is 0.357. The minimum absolute atomic E-state index is 0.159. The molecule has 2 aliphatic heterocycles. The third-order valence-corrected chi connectivity index (χ3v) is 4.12. The van der Waals surface area contributed by atoms with Crippen molar-refractivity contribution in [3.8, 4) is 17.0 Å². The van der Waals surface area contributed by atoms with Gasteiger partial charge in [-0.3, -0.25) is 0 Å².